The molecule has 1 heterocycles. The van der Waals surface area contributed by atoms with Crippen molar-refractivity contribution in [2.45, 2.75) is 39.3 Å². The Kier molecular flexibility index (Phi) is 6.10. The molecule has 1 atom stereocenters. The third kappa shape index (κ3) is 5.35. The minimum absolute atomic E-state index is 0.0968. The standard InChI is InChI=1S/C12H20N4O4/c1-9(2)5-10(7-17)14-12(18)3-4-15-6-11(13-8-15)16(19)20/h6,8-10,17H,3-5,7H2,1-2H3,(H,14,18). The molecule has 2 N–H and O–H groups in total. The van der Waals surface area contributed by atoms with Crippen LogP contribution in [0.15, 0.2) is 12.5 Å². The Labute approximate surface area is 117 Å². The zero-order valence-corrected chi connectivity index (χ0v) is 11.7. The second-order valence-electron chi connectivity index (χ2n) is 5.05. The van der Waals surface area contributed by atoms with Gasteiger partial charge in [-0.15, -0.1) is 0 Å². The van der Waals surface area contributed by atoms with Crippen molar-refractivity contribution in [3.05, 3.63) is 22.6 Å². The lowest BCUT2D eigenvalue weighted by molar-refractivity contribution is -0.389. The van der Waals surface area contributed by atoms with Crippen LogP contribution >= 0.6 is 0 Å². The van der Waals surface area contributed by atoms with Gasteiger partial charge in [-0.2, -0.15) is 0 Å². The molecule has 0 radical (unpaired) electrons. The van der Waals surface area contributed by atoms with Gasteiger partial charge in [0.15, 0.2) is 0 Å². The molecule has 0 aliphatic carbocycles. The van der Waals surface area contributed by atoms with E-state index in [9.17, 15) is 14.9 Å². The normalized spacial score (nSPS) is 12.4. The van der Waals surface area contributed by atoms with Gasteiger partial charge in [0.05, 0.1) is 12.6 Å². The molecule has 20 heavy (non-hydrogen) atoms. The summed E-state index contributed by atoms with van der Waals surface area (Å²) in [6, 6.07) is -0.250. The number of aryl methyl sites for hydroxylation is 1. The lowest BCUT2D eigenvalue weighted by atomic mass is 10.0. The van der Waals surface area contributed by atoms with Crippen LogP contribution in [0.4, 0.5) is 5.82 Å². The molecule has 1 amide bonds. The largest absolute Gasteiger partial charge is 0.394 e. The molecule has 0 aliphatic rings. The van der Waals surface area contributed by atoms with Gasteiger partial charge >= 0.3 is 5.82 Å². The number of carbonyl (C=O) groups is 1. The van der Waals surface area contributed by atoms with E-state index in [1.807, 2.05) is 13.8 Å². The highest BCUT2D eigenvalue weighted by Gasteiger charge is 2.14. The fourth-order valence-electron chi connectivity index (χ4n) is 1.84. The average Bonchev–Trinajstić information content (AvgIpc) is 2.84. The molecule has 112 valence electrons. The molecule has 0 spiro atoms. The zero-order valence-electron chi connectivity index (χ0n) is 11.7. The second-order valence-corrected chi connectivity index (χ2v) is 5.05. The van der Waals surface area contributed by atoms with Gasteiger partial charge in [-0.3, -0.25) is 4.79 Å². The summed E-state index contributed by atoms with van der Waals surface area (Å²) >= 11 is 0. The van der Waals surface area contributed by atoms with E-state index in [0.717, 1.165) is 0 Å². The van der Waals surface area contributed by atoms with Gasteiger partial charge in [0, 0.05) is 13.0 Å². The molecule has 1 aromatic rings. The molecular weight excluding hydrogens is 264 g/mol. The van der Waals surface area contributed by atoms with Crippen molar-refractivity contribution in [1.29, 1.82) is 0 Å². The molecule has 1 unspecified atom stereocenters. The lowest BCUT2D eigenvalue weighted by Crippen LogP contribution is -2.38. The summed E-state index contributed by atoms with van der Waals surface area (Å²) in [7, 11) is 0. The van der Waals surface area contributed by atoms with E-state index in [4.69, 9.17) is 5.11 Å². The number of hydrogen-bond acceptors (Lipinski definition) is 5. The summed E-state index contributed by atoms with van der Waals surface area (Å²) < 4.78 is 1.49. The topological polar surface area (TPSA) is 110 Å². The highest BCUT2D eigenvalue weighted by atomic mass is 16.6. The van der Waals surface area contributed by atoms with Crippen molar-refractivity contribution >= 4 is 11.7 Å². The Morgan fingerprint density at radius 1 is 1.60 bits per heavy atom. The minimum Gasteiger partial charge on any atom is -0.394 e. The summed E-state index contributed by atoms with van der Waals surface area (Å²) in [5.74, 6) is -0.0525. The maximum atomic E-state index is 11.7. The van der Waals surface area contributed by atoms with E-state index >= 15 is 0 Å². The van der Waals surface area contributed by atoms with Crippen molar-refractivity contribution in [2.75, 3.05) is 6.61 Å². The Bertz CT molecular complexity index is 458. The molecular formula is C12H20N4O4. The summed E-state index contributed by atoms with van der Waals surface area (Å²) in [4.78, 5) is 25.2. The fourth-order valence-corrected chi connectivity index (χ4v) is 1.84. The maximum absolute atomic E-state index is 11.7. The van der Waals surface area contributed by atoms with Crippen molar-refractivity contribution in [3.63, 3.8) is 0 Å². The van der Waals surface area contributed by atoms with Crippen LogP contribution in [0, 0.1) is 16.0 Å². The van der Waals surface area contributed by atoms with Gasteiger partial charge in [-0.25, -0.2) is 0 Å². The zero-order chi connectivity index (χ0) is 15.1. The molecule has 0 saturated carbocycles. The van der Waals surface area contributed by atoms with Gasteiger partial charge in [0.25, 0.3) is 0 Å². The smallest absolute Gasteiger partial charge is 0.381 e. The van der Waals surface area contributed by atoms with Gasteiger partial charge in [-0.05, 0) is 22.2 Å². The molecule has 0 fully saturated rings. The first-order valence-corrected chi connectivity index (χ1v) is 6.48. The Morgan fingerprint density at radius 3 is 2.80 bits per heavy atom. The third-order valence-corrected chi connectivity index (χ3v) is 2.75. The van der Waals surface area contributed by atoms with Crippen LogP contribution in [-0.2, 0) is 11.3 Å². The van der Waals surface area contributed by atoms with Crippen LogP contribution in [0.3, 0.4) is 0 Å². The van der Waals surface area contributed by atoms with Gasteiger partial charge < -0.3 is 25.1 Å². The Hall–Kier alpha value is -1.96. The second kappa shape index (κ2) is 7.59. The third-order valence-electron chi connectivity index (χ3n) is 2.75. The monoisotopic (exact) mass is 284 g/mol. The average molecular weight is 284 g/mol. The van der Waals surface area contributed by atoms with Crippen LogP contribution in [0.5, 0.6) is 0 Å². The number of hydrogen-bond donors (Lipinski definition) is 2. The highest BCUT2D eigenvalue weighted by molar-refractivity contribution is 5.76. The van der Waals surface area contributed by atoms with E-state index < -0.39 is 4.92 Å². The predicted octanol–water partition coefficient (Wildman–Crippen LogP) is 0.705. The number of amides is 1. The molecule has 1 rings (SSSR count). The number of nitro groups is 1. The van der Waals surface area contributed by atoms with Crippen molar-refractivity contribution in [3.8, 4) is 0 Å². The summed E-state index contributed by atoms with van der Waals surface area (Å²) in [6.45, 7) is 4.24. The minimum atomic E-state index is -0.582. The first-order valence-electron chi connectivity index (χ1n) is 6.48. The number of nitrogens with zero attached hydrogens (tertiary/aromatic N) is 3. The number of rotatable bonds is 8. The van der Waals surface area contributed by atoms with Gasteiger partial charge in [-0.1, -0.05) is 13.8 Å². The first-order chi connectivity index (χ1) is 9.42. The summed E-state index contributed by atoms with van der Waals surface area (Å²) in [5, 5.41) is 22.4. The van der Waals surface area contributed by atoms with E-state index in [-0.39, 0.29) is 30.8 Å². The van der Waals surface area contributed by atoms with Crippen LogP contribution in [-0.4, -0.2) is 38.1 Å². The molecule has 0 bridgehead atoms. The molecule has 8 nitrogen and oxygen atoms in total. The Morgan fingerprint density at radius 2 is 2.30 bits per heavy atom. The molecule has 1 aromatic heterocycles. The highest BCUT2D eigenvalue weighted by Crippen LogP contribution is 2.07. The fraction of sp³-hybridized carbons (Fsp3) is 0.667. The van der Waals surface area contributed by atoms with Gasteiger partial charge in [0.1, 0.15) is 6.20 Å². The molecule has 0 aliphatic heterocycles. The van der Waals surface area contributed by atoms with Crippen molar-refractivity contribution in [1.82, 2.24) is 14.9 Å². The molecule has 0 saturated heterocycles. The lowest BCUT2D eigenvalue weighted by Gasteiger charge is -2.18. The summed E-state index contributed by atoms with van der Waals surface area (Å²) in [6.07, 6.45) is 3.49. The number of carbonyl (C=O) groups excluding carboxylic acids is 1. The van der Waals surface area contributed by atoms with Crippen LogP contribution in [0.2, 0.25) is 0 Å². The maximum Gasteiger partial charge on any atom is 0.381 e. The molecule has 0 aromatic carbocycles. The summed E-state index contributed by atoms with van der Waals surface area (Å²) in [5.41, 5.74) is 0. The van der Waals surface area contributed by atoms with Crippen LogP contribution in [0.25, 0.3) is 0 Å². The van der Waals surface area contributed by atoms with E-state index in [0.29, 0.717) is 18.9 Å². The molecule has 8 heteroatoms. The first kappa shape index (κ1) is 16.1. The predicted molar refractivity (Wildman–Crippen MR) is 72.0 cm³/mol. The van der Waals surface area contributed by atoms with Crippen LogP contribution in [0.1, 0.15) is 26.7 Å². The quantitative estimate of drug-likeness (QED) is 0.539. The number of aliphatic hydroxyl groups is 1. The Balaban J connectivity index is 2.40. The van der Waals surface area contributed by atoms with Gasteiger partial charge in [0.2, 0.25) is 12.2 Å². The SMILES string of the molecule is CC(C)CC(CO)NC(=O)CCn1cnc([N+](=O)[O-])c1. The number of imidazole rings is 1. The van der Waals surface area contributed by atoms with E-state index in [1.54, 1.807) is 0 Å². The van der Waals surface area contributed by atoms with E-state index in [2.05, 4.69) is 10.3 Å². The number of aromatic nitrogens is 2. The van der Waals surface area contributed by atoms with Crippen LogP contribution < -0.4 is 5.32 Å². The van der Waals surface area contributed by atoms with Crippen molar-refractivity contribution < 1.29 is 14.8 Å². The van der Waals surface area contributed by atoms with E-state index in [1.165, 1.54) is 17.1 Å². The number of nitrogens with one attached hydrogen (secondary N) is 1. The van der Waals surface area contributed by atoms with Crippen molar-refractivity contribution in [2.24, 2.45) is 5.92 Å². The number of aliphatic hydroxyl groups excluding tert-OH is 1.